The monoisotopic (exact) mass is 416 g/mol. The number of amides is 3. The minimum atomic E-state index is -0.109. The number of carbonyl (C=O) groups excluding carboxylic acids is 2. The molecular weight excluding hydrogens is 380 g/mol. The zero-order chi connectivity index (χ0) is 21.2. The minimum absolute atomic E-state index is 0.0984. The van der Waals surface area contributed by atoms with E-state index in [1.807, 2.05) is 19.2 Å². The molecule has 0 atom stereocenters. The standard InChI is InChI=1S/C23H36N4O3/c1-26(18-19-8-5-6-11-21(19)27-14-16-30-17-15-27)22(28)12-7-13-24-23(29)25-20-9-3-2-4-10-20/h5-6,8,11,20H,2-4,7,9-10,12-18H2,1H3,(H2,24,25,29). The summed E-state index contributed by atoms with van der Waals surface area (Å²) < 4.78 is 5.45. The Morgan fingerprint density at radius 1 is 1.13 bits per heavy atom. The Balaban J connectivity index is 1.38. The first-order valence-corrected chi connectivity index (χ1v) is 11.3. The molecule has 2 N–H and O–H groups in total. The molecule has 166 valence electrons. The molecule has 0 unspecified atom stereocenters. The molecule has 7 nitrogen and oxygen atoms in total. The van der Waals surface area contributed by atoms with Crippen LogP contribution in [0, 0.1) is 0 Å². The Morgan fingerprint density at radius 2 is 1.87 bits per heavy atom. The fourth-order valence-corrected chi connectivity index (χ4v) is 4.22. The van der Waals surface area contributed by atoms with Gasteiger partial charge in [-0.05, 0) is 30.9 Å². The number of nitrogens with one attached hydrogen (secondary N) is 2. The van der Waals surface area contributed by atoms with Crippen molar-refractivity contribution in [1.82, 2.24) is 15.5 Å². The van der Waals surface area contributed by atoms with E-state index in [4.69, 9.17) is 4.74 Å². The van der Waals surface area contributed by atoms with Gasteiger partial charge < -0.3 is 25.2 Å². The molecule has 2 fully saturated rings. The van der Waals surface area contributed by atoms with E-state index in [0.29, 0.717) is 32.0 Å². The largest absolute Gasteiger partial charge is 0.378 e. The number of morpholine rings is 1. The van der Waals surface area contributed by atoms with E-state index in [9.17, 15) is 9.59 Å². The van der Waals surface area contributed by atoms with Crippen LogP contribution in [-0.4, -0.2) is 62.8 Å². The fraction of sp³-hybridized carbons (Fsp3) is 0.652. The van der Waals surface area contributed by atoms with Crippen LogP contribution >= 0.6 is 0 Å². The summed E-state index contributed by atoms with van der Waals surface area (Å²) in [5.41, 5.74) is 2.33. The van der Waals surface area contributed by atoms with Gasteiger partial charge in [0.2, 0.25) is 5.91 Å². The second-order valence-corrected chi connectivity index (χ2v) is 8.32. The van der Waals surface area contributed by atoms with Gasteiger partial charge in [0.1, 0.15) is 0 Å². The highest BCUT2D eigenvalue weighted by Crippen LogP contribution is 2.23. The van der Waals surface area contributed by atoms with Crippen molar-refractivity contribution in [3.05, 3.63) is 29.8 Å². The summed E-state index contributed by atoms with van der Waals surface area (Å²) in [6.07, 6.45) is 6.88. The van der Waals surface area contributed by atoms with Crippen LogP contribution < -0.4 is 15.5 Å². The van der Waals surface area contributed by atoms with Crippen molar-refractivity contribution in [1.29, 1.82) is 0 Å². The lowest BCUT2D eigenvalue weighted by Gasteiger charge is -2.31. The number of hydrogen-bond donors (Lipinski definition) is 2. The van der Waals surface area contributed by atoms with Crippen LogP contribution in [0.5, 0.6) is 0 Å². The quantitative estimate of drug-likeness (QED) is 0.639. The summed E-state index contributed by atoms with van der Waals surface area (Å²) in [5.74, 6) is 0.0984. The van der Waals surface area contributed by atoms with Crippen molar-refractivity contribution >= 4 is 17.6 Å². The van der Waals surface area contributed by atoms with Gasteiger partial charge in [0.05, 0.1) is 13.2 Å². The molecule has 1 saturated carbocycles. The van der Waals surface area contributed by atoms with E-state index in [1.165, 1.54) is 24.9 Å². The van der Waals surface area contributed by atoms with Crippen LogP contribution in [0.3, 0.4) is 0 Å². The van der Waals surface area contributed by atoms with Gasteiger partial charge in [0.15, 0.2) is 0 Å². The summed E-state index contributed by atoms with van der Waals surface area (Å²) in [6, 6.07) is 8.46. The lowest BCUT2D eigenvalue weighted by Crippen LogP contribution is -2.43. The van der Waals surface area contributed by atoms with Gasteiger partial charge in [0.25, 0.3) is 0 Å². The number of urea groups is 1. The molecule has 1 aromatic rings. The molecular formula is C23H36N4O3. The molecule has 1 saturated heterocycles. The topological polar surface area (TPSA) is 73.9 Å². The van der Waals surface area contributed by atoms with Gasteiger partial charge in [0, 0.05) is 51.4 Å². The molecule has 3 rings (SSSR count). The number of carbonyl (C=O) groups is 2. The SMILES string of the molecule is CN(Cc1ccccc1N1CCOCC1)C(=O)CCCNC(=O)NC1CCCCC1. The van der Waals surface area contributed by atoms with Crippen LogP contribution in [0.4, 0.5) is 10.5 Å². The van der Waals surface area contributed by atoms with E-state index in [-0.39, 0.29) is 11.9 Å². The predicted octanol–water partition coefficient (Wildman–Crippen LogP) is 2.89. The van der Waals surface area contributed by atoms with Gasteiger partial charge in [-0.1, -0.05) is 37.5 Å². The van der Waals surface area contributed by atoms with E-state index in [0.717, 1.165) is 44.7 Å². The summed E-state index contributed by atoms with van der Waals surface area (Å²) in [6.45, 7) is 4.34. The van der Waals surface area contributed by atoms with Crippen molar-refractivity contribution in [2.45, 2.75) is 57.5 Å². The third-order valence-corrected chi connectivity index (χ3v) is 5.97. The molecule has 1 aliphatic carbocycles. The molecule has 1 aliphatic heterocycles. The first-order chi connectivity index (χ1) is 14.6. The molecule has 0 bridgehead atoms. The smallest absolute Gasteiger partial charge is 0.315 e. The Bertz CT molecular complexity index is 685. The minimum Gasteiger partial charge on any atom is -0.378 e. The van der Waals surface area contributed by atoms with Crippen molar-refractivity contribution in [2.24, 2.45) is 0 Å². The van der Waals surface area contributed by atoms with E-state index < -0.39 is 0 Å². The molecule has 7 heteroatoms. The maximum atomic E-state index is 12.6. The molecule has 1 aromatic carbocycles. The maximum Gasteiger partial charge on any atom is 0.315 e. The Labute approximate surface area is 180 Å². The van der Waals surface area contributed by atoms with Gasteiger partial charge in [-0.25, -0.2) is 4.79 Å². The fourth-order valence-electron chi connectivity index (χ4n) is 4.22. The molecule has 0 spiro atoms. The molecule has 0 aromatic heterocycles. The van der Waals surface area contributed by atoms with Crippen LogP contribution in [0.15, 0.2) is 24.3 Å². The number of para-hydroxylation sites is 1. The second kappa shape index (κ2) is 11.8. The zero-order valence-electron chi connectivity index (χ0n) is 18.2. The summed E-state index contributed by atoms with van der Waals surface area (Å²) in [5, 5.41) is 5.93. The van der Waals surface area contributed by atoms with Crippen molar-refractivity contribution in [3.63, 3.8) is 0 Å². The highest BCUT2D eigenvalue weighted by molar-refractivity contribution is 5.76. The number of ether oxygens (including phenoxy) is 1. The zero-order valence-corrected chi connectivity index (χ0v) is 18.2. The number of hydrogen-bond acceptors (Lipinski definition) is 4. The van der Waals surface area contributed by atoms with Crippen molar-refractivity contribution in [2.75, 3.05) is 44.8 Å². The summed E-state index contributed by atoms with van der Waals surface area (Å²) in [4.78, 5) is 28.7. The lowest BCUT2D eigenvalue weighted by molar-refractivity contribution is -0.130. The van der Waals surface area contributed by atoms with Crippen LogP contribution in [-0.2, 0) is 16.1 Å². The molecule has 30 heavy (non-hydrogen) atoms. The van der Waals surface area contributed by atoms with Crippen LogP contribution in [0.2, 0.25) is 0 Å². The van der Waals surface area contributed by atoms with Gasteiger partial charge >= 0.3 is 6.03 Å². The van der Waals surface area contributed by atoms with Crippen LogP contribution in [0.1, 0.15) is 50.5 Å². The van der Waals surface area contributed by atoms with Crippen molar-refractivity contribution in [3.8, 4) is 0 Å². The molecule has 0 radical (unpaired) electrons. The van der Waals surface area contributed by atoms with Crippen LogP contribution in [0.25, 0.3) is 0 Å². The van der Waals surface area contributed by atoms with E-state index >= 15 is 0 Å². The van der Waals surface area contributed by atoms with Gasteiger partial charge in [-0.15, -0.1) is 0 Å². The predicted molar refractivity (Wildman–Crippen MR) is 119 cm³/mol. The Kier molecular flexibility index (Phi) is 8.81. The average molecular weight is 417 g/mol. The van der Waals surface area contributed by atoms with E-state index in [2.05, 4.69) is 27.7 Å². The van der Waals surface area contributed by atoms with E-state index in [1.54, 1.807) is 4.90 Å². The van der Waals surface area contributed by atoms with Gasteiger partial charge in [-0.2, -0.15) is 0 Å². The number of nitrogens with zero attached hydrogens (tertiary/aromatic N) is 2. The first kappa shape index (κ1) is 22.4. The number of anilines is 1. The summed E-state index contributed by atoms with van der Waals surface area (Å²) >= 11 is 0. The second-order valence-electron chi connectivity index (χ2n) is 8.32. The van der Waals surface area contributed by atoms with Gasteiger partial charge in [-0.3, -0.25) is 4.79 Å². The highest BCUT2D eigenvalue weighted by Gasteiger charge is 2.18. The first-order valence-electron chi connectivity index (χ1n) is 11.3. The van der Waals surface area contributed by atoms with Crippen molar-refractivity contribution < 1.29 is 14.3 Å². The normalized spacial score (nSPS) is 17.4. The molecule has 3 amide bonds. The Hall–Kier alpha value is -2.28. The number of rotatable bonds is 8. The summed E-state index contributed by atoms with van der Waals surface area (Å²) in [7, 11) is 1.85. The maximum absolute atomic E-state index is 12.6. The third kappa shape index (κ3) is 6.90. The Morgan fingerprint density at radius 3 is 2.63 bits per heavy atom. The molecule has 2 aliphatic rings. The third-order valence-electron chi connectivity index (χ3n) is 5.97. The highest BCUT2D eigenvalue weighted by atomic mass is 16.5. The average Bonchev–Trinajstić information content (AvgIpc) is 2.78. The number of benzene rings is 1. The lowest BCUT2D eigenvalue weighted by atomic mass is 9.96. The molecule has 1 heterocycles.